The molecule has 1 amide bonds. The predicted molar refractivity (Wildman–Crippen MR) is 122 cm³/mol. The first kappa shape index (κ1) is 19.8. The number of nitrogens with one attached hydrogen (secondary N) is 2. The molecular weight excluding hydrogens is 430 g/mol. The van der Waals surface area contributed by atoms with Gasteiger partial charge in [-0.3, -0.25) is 10.1 Å². The zero-order valence-electron chi connectivity index (χ0n) is 16.8. The van der Waals surface area contributed by atoms with E-state index in [9.17, 15) is 9.90 Å². The van der Waals surface area contributed by atoms with Crippen LogP contribution in [0.1, 0.15) is 15.9 Å². The van der Waals surface area contributed by atoms with Crippen LogP contribution in [0.4, 0.5) is 5.69 Å². The number of aryl methyl sites for hydroxylation is 1. The fourth-order valence-electron chi connectivity index (χ4n) is 3.38. The topological polar surface area (TPSA) is 106 Å². The number of nitrogens with zero attached hydrogens (tertiary/aromatic N) is 1. The maximum Gasteiger partial charge on any atom is 0.257 e. The molecule has 0 saturated carbocycles. The van der Waals surface area contributed by atoms with Gasteiger partial charge in [0.2, 0.25) is 12.7 Å². The number of para-hydroxylation sites is 2. The number of hydrogen-bond donors (Lipinski definition) is 3. The molecule has 32 heavy (non-hydrogen) atoms. The minimum absolute atomic E-state index is 0.0532. The Kier molecular flexibility index (Phi) is 4.87. The third kappa shape index (κ3) is 3.69. The molecule has 9 heteroatoms. The van der Waals surface area contributed by atoms with Gasteiger partial charge in [0.15, 0.2) is 22.2 Å². The summed E-state index contributed by atoms with van der Waals surface area (Å²) in [7, 11) is 0. The molecule has 1 aliphatic heterocycles. The van der Waals surface area contributed by atoms with Gasteiger partial charge in [-0.05, 0) is 67.2 Å². The van der Waals surface area contributed by atoms with E-state index in [2.05, 4.69) is 15.6 Å². The molecule has 5 rings (SSSR count). The molecule has 160 valence electrons. The summed E-state index contributed by atoms with van der Waals surface area (Å²) in [6.45, 7) is 1.88. The highest BCUT2D eigenvalue weighted by atomic mass is 32.1. The molecule has 3 N–H and O–H groups in total. The van der Waals surface area contributed by atoms with Gasteiger partial charge in [0, 0.05) is 11.3 Å². The number of rotatable bonds is 3. The Labute approximate surface area is 187 Å². The number of oxazole rings is 1. The Balaban J connectivity index is 1.36. The first-order valence-electron chi connectivity index (χ1n) is 9.69. The van der Waals surface area contributed by atoms with Crippen molar-refractivity contribution < 1.29 is 23.8 Å². The lowest BCUT2D eigenvalue weighted by molar-refractivity contribution is 0.0977. The van der Waals surface area contributed by atoms with E-state index in [0.717, 1.165) is 0 Å². The predicted octanol–water partition coefficient (Wildman–Crippen LogP) is 4.36. The number of benzene rings is 3. The minimum atomic E-state index is -0.393. The van der Waals surface area contributed by atoms with Gasteiger partial charge in [0.1, 0.15) is 11.3 Å². The fourth-order valence-corrected chi connectivity index (χ4v) is 3.59. The molecular formula is C23H17N3O5S. The molecule has 0 atom stereocenters. The zero-order chi connectivity index (χ0) is 22.2. The summed E-state index contributed by atoms with van der Waals surface area (Å²) in [5.74, 6) is 1.04. The fraction of sp³-hybridized carbons (Fsp3) is 0.0870. The summed E-state index contributed by atoms with van der Waals surface area (Å²) in [6.07, 6.45) is 0. The average Bonchev–Trinajstić information content (AvgIpc) is 3.42. The van der Waals surface area contributed by atoms with Crippen LogP contribution < -0.4 is 20.1 Å². The monoisotopic (exact) mass is 447 g/mol. The van der Waals surface area contributed by atoms with Crippen LogP contribution in [-0.2, 0) is 0 Å². The average molecular weight is 447 g/mol. The molecule has 4 aromatic rings. The summed E-state index contributed by atoms with van der Waals surface area (Å²) in [5.41, 5.74) is 3.25. The number of carbonyl (C=O) groups is 1. The van der Waals surface area contributed by atoms with Crippen LogP contribution in [0.15, 0.2) is 59.0 Å². The molecule has 3 aromatic carbocycles. The molecule has 0 radical (unpaired) electrons. The van der Waals surface area contributed by atoms with E-state index < -0.39 is 5.91 Å². The molecule has 1 aliphatic rings. The Bertz CT molecular complexity index is 1350. The molecule has 0 spiro atoms. The smallest absolute Gasteiger partial charge is 0.257 e. The van der Waals surface area contributed by atoms with Gasteiger partial charge >= 0.3 is 0 Å². The van der Waals surface area contributed by atoms with Gasteiger partial charge < -0.3 is 24.3 Å². The SMILES string of the molecule is Cc1cc(NC(=S)NC(=O)c2ccc3c(c2)OCO3)cc(-c2nc3ccccc3o2)c1O. The van der Waals surface area contributed by atoms with E-state index >= 15 is 0 Å². The van der Waals surface area contributed by atoms with Crippen LogP contribution >= 0.6 is 12.2 Å². The second-order valence-electron chi connectivity index (χ2n) is 7.15. The highest BCUT2D eigenvalue weighted by Gasteiger charge is 2.18. The second kappa shape index (κ2) is 7.86. The quantitative estimate of drug-likeness (QED) is 0.314. The van der Waals surface area contributed by atoms with Crippen molar-refractivity contribution in [1.82, 2.24) is 10.3 Å². The van der Waals surface area contributed by atoms with Gasteiger partial charge in [0.25, 0.3) is 5.91 Å². The summed E-state index contributed by atoms with van der Waals surface area (Å²) in [4.78, 5) is 17.0. The number of aromatic nitrogens is 1. The molecule has 0 unspecified atom stereocenters. The number of phenolic OH excluding ortho intramolecular Hbond substituents is 1. The first-order chi connectivity index (χ1) is 15.5. The number of anilines is 1. The van der Waals surface area contributed by atoms with E-state index in [0.29, 0.717) is 45.0 Å². The van der Waals surface area contributed by atoms with E-state index in [1.807, 2.05) is 18.2 Å². The van der Waals surface area contributed by atoms with Crippen molar-refractivity contribution in [2.24, 2.45) is 0 Å². The molecule has 0 saturated heterocycles. The van der Waals surface area contributed by atoms with Crippen molar-refractivity contribution in [3.63, 3.8) is 0 Å². The number of phenols is 1. The number of ether oxygens (including phenoxy) is 2. The molecule has 2 heterocycles. The standard InChI is InChI=1S/C23H17N3O5S/c1-12-8-14(10-15(20(12)27)22-25-16-4-2-3-5-17(16)31-22)24-23(32)26-21(28)13-6-7-18-19(9-13)30-11-29-18/h2-10,27H,11H2,1H3,(H2,24,26,28,32). The van der Waals surface area contributed by atoms with Crippen LogP contribution in [0, 0.1) is 6.92 Å². The molecule has 0 aliphatic carbocycles. The summed E-state index contributed by atoms with van der Waals surface area (Å²) >= 11 is 5.30. The van der Waals surface area contributed by atoms with Crippen molar-refractivity contribution in [2.45, 2.75) is 6.92 Å². The van der Waals surface area contributed by atoms with Crippen molar-refractivity contribution in [1.29, 1.82) is 0 Å². The first-order valence-corrected chi connectivity index (χ1v) is 10.1. The van der Waals surface area contributed by atoms with Crippen LogP contribution in [0.2, 0.25) is 0 Å². The summed E-state index contributed by atoms with van der Waals surface area (Å²) in [6, 6.07) is 15.6. The molecule has 0 fully saturated rings. The zero-order valence-corrected chi connectivity index (χ0v) is 17.7. The van der Waals surface area contributed by atoms with Gasteiger partial charge in [0.05, 0.1) is 5.56 Å². The van der Waals surface area contributed by atoms with E-state index in [1.165, 1.54) is 0 Å². The molecule has 8 nitrogen and oxygen atoms in total. The van der Waals surface area contributed by atoms with Crippen molar-refractivity contribution in [3.05, 3.63) is 65.7 Å². The lowest BCUT2D eigenvalue weighted by Crippen LogP contribution is -2.34. The Morgan fingerprint density at radius 1 is 1.09 bits per heavy atom. The van der Waals surface area contributed by atoms with Crippen LogP contribution in [0.25, 0.3) is 22.6 Å². The third-order valence-electron chi connectivity index (χ3n) is 4.94. The van der Waals surface area contributed by atoms with Gasteiger partial charge in [-0.15, -0.1) is 0 Å². The Morgan fingerprint density at radius 2 is 1.91 bits per heavy atom. The van der Waals surface area contributed by atoms with Crippen LogP contribution in [0.5, 0.6) is 17.2 Å². The van der Waals surface area contributed by atoms with Gasteiger partial charge in [-0.2, -0.15) is 0 Å². The number of thiocarbonyl (C=S) groups is 1. The number of amides is 1. The minimum Gasteiger partial charge on any atom is -0.507 e. The van der Waals surface area contributed by atoms with Crippen molar-refractivity contribution in [3.8, 4) is 28.7 Å². The number of hydrogen-bond acceptors (Lipinski definition) is 7. The van der Waals surface area contributed by atoms with Crippen molar-refractivity contribution in [2.75, 3.05) is 12.1 Å². The maximum atomic E-state index is 12.6. The van der Waals surface area contributed by atoms with Gasteiger partial charge in [-0.25, -0.2) is 4.98 Å². The normalized spacial score (nSPS) is 12.0. The molecule has 0 bridgehead atoms. The van der Waals surface area contributed by atoms with Gasteiger partial charge in [-0.1, -0.05) is 12.1 Å². The highest BCUT2D eigenvalue weighted by molar-refractivity contribution is 7.80. The van der Waals surface area contributed by atoms with Crippen LogP contribution in [-0.4, -0.2) is 27.9 Å². The lowest BCUT2D eigenvalue weighted by Gasteiger charge is -2.13. The Hall–Kier alpha value is -4.11. The lowest BCUT2D eigenvalue weighted by atomic mass is 10.1. The number of aromatic hydroxyl groups is 1. The van der Waals surface area contributed by atoms with E-state index in [-0.39, 0.29) is 23.5 Å². The van der Waals surface area contributed by atoms with E-state index in [4.69, 9.17) is 26.1 Å². The largest absolute Gasteiger partial charge is 0.507 e. The molecule has 1 aromatic heterocycles. The number of carbonyl (C=O) groups excluding carboxylic acids is 1. The van der Waals surface area contributed by atoms with E-state index in [1.54, 1.807) is 43.3 Å². The summed E-state index contributed by atoms with van der Waals surface area (Å²) < 4.78 is 16.3. The van der Waals surface area contributed by atoms with Crippen LogP contribution in [0.3, 0.4) is 0 Å². The Morgan fingerprint density at radius 3 is 2.75 bits per heavy atom. The summed E-state index contributed by atoms with van der Waals surface area (Å²) in [5, 5.41) is 16.3. The highest BCUT2D eigenvalue weighted by Crippen LogP contribution is 2.36. The second-order valence-corrected chi connectivity index (χ2v) is 7.56. The van der Waals surface area contributed by atoms with Crippen molar-refractivity contribution >= 4 is 40.0 Å². The third-order valence-corrected chi connectivity index (χ3v) is 5.15. The number of fused-ring (bicyclic) bond motifs is 2. The maximum absolute atomic E-state index is 12.6.